The summed E-state index contributed by atoms with van der Waals surface area (Å²) in [5.41, 5.74) is 10.2. The minimum absolute atomic E-state index is 0.0328. The highest BCUT2D eigenvalue weighted by molar-refractivity contribution is 6.32. The van der Waals surface area contributed by atoms with Crippen LogP contribution in [0.1, 0.15) is 141 Å². The lowest BCUT2D eigenvalue weighted by Crippen LogP contribution is -2.62. The van der Waals surface area contributed by atoms with E-state index < -0.39 is 235 Å². The van der Waals surface area contributed by atoms with Crippen LogP contribution in [0.2, 0.25) is 5.02 Å². The van der Waals surface area contributed by atoms with Crippen molar-refractivity contribution in [3.63, 3.8) is 0 Å². The topological polar surface area (TPSA) is 505 Å². The summed E-state index contributed by atoms with van der Waals surface area (Å²) in [5.74, 6) is -15.2. The molecule has 7 aliphatic heterocycles. The Morgan fingerprint density at radius 1 is 0.780 bits per heavy atom. The third-order valence-corrected chi connectivity index (χ3v) is 20.2. The van der Waals surface area contributed by atoms with E-state index in [9.17, 15) is 65.1 Å². The molecule has 109 heavy (non-hydrogen) atoms. The van der Waals surface area contributed by atoms with Crippen LogP contribution in [0.25, 0.3) is 11.1 Å². The van der Waals surface area contributed by atoms with E-state index in [1.54, 1.807) is 0 Å². The molecular weight excluding hydrogens is 1450 g/mol. The first-order chi connectivity index (χ1) is 51.9. The van der Waals surface area contributed by atoms with Crippen molar-refractivity contribution in [2.24, 2.45) is 29.2 Å². The highest BCUT2D eigenvalue weighted by atomic mass is 35.5. The fraction of sp³-hybridized carbons (Fsp3) is 0.500. The number of carbonyl (C=O) groups excluding carboxylic acids is 8. The van der Waals surface area contributed by atoms with Crippen molar-refractivity contribution < 1.29 is 124 Å². The number of phenolic OH excluding ortho intramolecular Hbond substituents is 3. The molecule has 0 aromatic heterocycles. The number of halogens is 1. The number of primary amides is 1. The first-order valence-corrected chi connectivity index (χ1v) is 36.0. The quantitative estimate of drug-likeness (QED) is 0.0563. The van der Waals surface area contributed by atoms with Gasteiger partial charge in [-0.25, -0.2) is 0 Å². The smallest absolute Gasteiger partial charge is 0.246 e. The van der Waals surface area contributed by atoms with Gasteiger partial charge in [0.15, 0.2) is 47.5 Å². The minimum atomic E-state index is -2.04. The van der Waals surface area contributed by atoms with E-state index in [0.717, 1.165) is 25.1 Å². The Kier molecular flexibility index (Phi) is 26.0. The van der Waals surface area contributed by atoms with Gasteiger partial charge in [-0.3, -0.25) is 38.4 Å². The maximum Gasteiger partial charge on any atom is 0.246 e. The molecule has 5 amide bonds. The van der Waals surface area contributed by atoms with Gasteiger partial charge >= 0.3 is 0 Å². The number of Topliss-reactive ketones (excluding diaryl/α,β-unsaturated/α-hetero) is 3. The number of phenols is 3. The lowest BCUT2D eigenvalue weighted by molar-refractivity contribution is -0.332. The van der Waals surface area contributed by atoms with Crippen molar-refractivity contribution in [1.29, 1.82) is 0 Å². The Morgan fingerprint density at radius 3 is 2.09 bits per heavy atom. The molecule has 7 aliphatic rings. The Morgan fingerprint density at radius 2 is 1.46 bits per heavy atom. The summed E-state index contributed by atoms with van der Waals surface area (Å²) in [6.45, 7) is 9.75. The SMILES string of the molecule is [3H]C1(C)CC(OC2C(Oc3c4cc5cc3Oc3ccc(cc3Cl)C(O)C(NC(=O)C(CC(C)C)NC)C(=O)CC(CC(N)=O)C(=O)NC5C(=O)CCC(=O)NC(C(=O)NC(C(C)=O)c3cc(O)cc(O)c3-c3ccccc3O)C(OC3CC(C)(N)C(O)C(C)O3)c3ccc(cc3)O4)OC(CO)C(O)C2O)OC(C)C1O. The van der Waals surface area contributed by atoms with Crippen LogP contribution in [-0.2, 0) is 62.0 Å². The number of benzene rings is 5. The average Bonchev–Trinajstić information content (AvgIpc) is 0.775. The molecule has 590 valence electrons. The second-order valence-electron chi connectivity index (χ2n) is 28.9. The predicted octanol–water partition coefficient (Wildman–Crippen LogP) is 3.38. The molecule has 12 rings (SSSR count). The van der Waals surface area contributed by atoms with Crippen molar-refractivity contribution in [3.8, 4) is 57.1 Å². The molecule has 5 aromatic rings. The molecule has 33 heteroatoms. The van der Waals surface area contributed by atoms with Gasteiger partial charge in [-0.15, -0.1) is 0 Å². The maximum atomic E-state index is 15.7. The second kappa shape index (κ2) is 34.9. The summed E-state index contributed by atoms with van der Waals surface area (Å²) in [6.07, 6.45) is -24.5. The summed E-state index contributed by atoms with van der Waals surface area (Å²) in [4.78, 5) is 118. The summed E-state index contributed by atoms with van der Waals surface area (Å²) in [5, 5.41) is 115. The monoisotopic (exact) mass is 1540 g/mol. The van der Waals surface area contributed by atoms with Crippen LogP contribution in [0.15, 0.2) is 91.0 Å². The number of aromatic hydroxyl groups is 3. The standard InChI is InChI=1S/C76H94ClN7O25/c1-32(2)21-46(80-8)73(100)84-62-50(91)24-40(27-55(78)92)72(99)83-61-39-25-52(69(53(26-39)105-51-19-15-38(65(62)95)23-45(51)77)109-75-70(67(97)66(96)54(31-85)106-75)107-57-22-33(3)64(94)35(5)102-57)104-42-16-13-37(14-17-42)68(108-58-30-76(7,79)71(98)36(6)103-58)63(81-56(93)20-18-48(61)89)74(101)82-60(34(4)86)44-28-41(87)29-49(90)59(44)43-11-9-10-12-47(43)88/h9-17,19,23,25-26,28-29,32-33,35-36,40,46,54,57-58,60-68,70-71,75,80,85,87-88,90,94-98H,18,20-22,24,27,30-31,79H2,1-8H3,(H2,78,92)(H,81,93)(H,82,101)(H,83,99)(H,84,100)/i33T. The summed E-state index contributed by atoms with van der Waals surface area (Å²) >= 11 is 7.11. The number of aliphatic hydroxyl groups is 6. The van der Waals surface area contributed by atoms with Crippen molar-refractivity contribution in [2.75, 3.05) is 13.7 Å². The number of fused-ring (bicyclic) bond motifs is 16. The Labute approximate surface area is 633 Å². The van der Waals surface area contributed by atoms with Crippen LogP contribution >= 0.6 is 11.6 Å². The molecule has 32 nitrogen and oxygen atoms in total. The Bertz CT molecular complexity index is 4250. The van der Waals surface area contributed by atoms with Gasteiger partial charge in [0, 0.05) is 62.6 Å². The first kappa shape index (κ1) is 81.0. The van der Waals surface area contributed by atoms with Crippen LogP contribution in [0, 0.1) is 17.7 Å². The van der Waals surface area contributed by atoms with E-state index in [1.165, 1.54) is 108 Å². The van der Waals surface area contributed by atoms with E-state index in [4.69, 9.17) is 62.3 Å². The minimum Gasteiger partial charge on any atom is -0.508 e. The average molecular weight is 1540 g/mol. The Hall–Kier alpha value is -8.97. The number of carbonyl (C=O) groups is 8. The van der Waals surface area contributed by atoms with Gasteiger partial charge in [-0.05, 0) is 124 Å². The number of rotatable bonds is 19. The largest absolute Gasteiger partial charge is 0.508 e. The van der Waals surface area contributed by atoms with Gasteiger partial charge in [-0.2, -0.15) is 0 Å². The molecule has 0 aliphatic carbocycles. The van der Waals surface area contributed by atoms with Gasteiger partial charge in [0.05, 0.1) is 48.0 Å². The zero-order valence-electron chi connectivity index (χ0n) is 62.0. The number of ether oxygens (including phenoxy) is 8. The maximum absolute atomic E-state index is 15.7. The van der Waals surface area contributed by atoms with Crippen LogP contribution < -0.4 is 52.3 Å². The van der Waals surface area contributed by atoms with E-state index >= 15 is 19.2 Å². The molecule has 0 spiro atoms. The lowest BCUT2D eigenvalue weighted by Gasteiger charge is -2.44. The molecule has 21 unspecified atom stereocenters. The van der Waals surface area contributed by atoms with Gasteiger partial charge < -0.3 is 122 Å². The number of hydrogen-bond donors (Lipinski definition) is 16. The number of ketones is 3. The van der Waals surface area contributed by atoms with Crippen molar-refractivity contribution >= 4 is 58.5 Å². The fourth-order valence-corrected chi connectivity index (χ4v) is 14.3. The Balaban J connectivity index is 1.17. The van der Waals surface area contributed by atoms with Gasteiger partial charge in [0.2, 0.25) is 41.6 Å². The number of para-hydroxylation sites is 1. The van der Waals surface area contributed by atoms with Gasteiger partial charge in [-0.1, -0.05) is 68.8 Å². The van der Waals surface area contributed by atoms with Gasteiger partial charge in [0.1, 0.15) is 83.4 Å². The molecule has 0 saturated carbocycles. The number of likely N-dealkylation sites (N-methyl/N-ethyl adjacent to an activating group) is 1. The first-order valence-electron chi connectivity index (χ1n) is 36.1. The molecule has 18 N–H and O–H groups in total. The van der Waals surface area contributed by atoms with Crippen LogP contribution in [-0.4, -0.2) is 198 Å². The lowest BCUT2D eigenvalue weighted by atomic mass is 9.86. The van der Waals surface area contributed by atoms with E-state index in [-0.39, 0.29) is 80.8 Å². The van der Waals surface area contributed by atoms with Crippen molar-refractivity contribution in [2.45, 2.75) is 209 Å². The number of nitrogens with two attached hydrogens (primary N) is 2. The third kappa shape index (κ3) is 19.1. The van der Waals surface area contributed by atoms with Crippen molar-refractivity contribution in [3.05, 3.63) is 118 Å². The number of hydrogen-bond acceptors (Lipinski definition) is 27. The van der Waals surface area contributed by atoms with Crippen LogP contribution in [0.3, 0.4) is 0 Å². The number of amides is 5. The van der Waals surface area contributed by atoms with Crippen LogP contribution in [0.5, 0.6) is 46.0 Å². The molecule has 7 bridgehead atoms. The molecule has 5 aromatic carbocycles. The second-order valence-corrected chi connectivity index (χ2v) is 29.3. The summed E-state index contributed by atoms with van der Waals surface area (Å²) in [6, 6.07) is 10.5. The van der Waals surface area contributed by atoms with Crippen molar-refractivity contribution in [1.82, 2.24) is 26.6 Å². The third-order valence-electron chi connectivity index (χ3n) is 19.9. The summed E-state index contributed by atoms with van der Waals surface area (Å²) in [7, 11) is 1.51. The normalized spacial score (nSPS) is 31.1. The summed E-state index contributed by atoms with van der Waals surface area (Å²) < 4.78 is 60.5. The highest BCUT2D eigenvalue weighted by Crippen LogP contribution is 2.49. The highest BCUT2D eigenvalue weighted by Gasteiger charge is 2.51. The fourth-order valence-electron chi connectivity index (χ4n) is 14.0. The molecule has 21 atom stereocenters. The zero-order valence-corrected chi connectivity index (χ0v) is 61.7. The van der Waals surface area contributed by atoms with E-state index in [0.29, 0.717) is 0 Å². The number of nitrogens with one attached hydrogen (secondary N) is 5. The van der Waals surface area contributed by atoms with Crippen LogP contribution in [0.4, 0.5) is 0 Å². The number of aliphatic hydroxyl groups excluding tert-OH is 6. The molecular formula is C76H94ClN7O25. The molecule has 3 fully saturated rings. The molecule has 7 heterocycles. The zero-order chi connectivity index (χ0) is 80.3. The van der Waals surface area contributed by atoms with E-state index in [1.807, 2.05) is 13.8 Å². The molecule has 3 saturated heterocycles. The molecule has 0 radical (unpaired) electrons. The predicted molar refractivity (Wildman–Crippen MR) is 385 cm³/mol. The van der Waals surface area contributed by atoms with Gasteiger partial charge in [0.25, 0.3) is 0 Å². The van der Waals surface area contributed by atoms with E-state index in [2.05, 4.69) is 26.6 Å².